The number of aromatic nitrogens is 3. The van der Waals surface area contributed by atoms with Crippen LogP contribution in [0.1, 0.15) is 5.56 Å². The van der Waals surface area contributed by atoms with Gasteiger partial charge < -0.3 is 11.1 Å². The number of nitrogens with one attached hydrogen (secondary N) is 2. The molecule has 15 heavy (non-hydrogen) atoms. The Kier molecular flexibility index (Phi) is 2.47. The van der Waals surface area contributed by atoms with E-state index in [-0.39, 0.29) is 5.95 Å². The van der Waals surface area contributed by atoms with Gasteiger partial charge in [-0.05, 0) is 24.6 Å². The molecule has 0 bridgehead atoms. The fraction of sp³-hybridized carbons (Fsp3) is 0.111. The highest BCUT2D eigenvalue weighted by Crippen LogP contribution is 2.24. The lowest BCUT2D eigenvalue weighted by molar-refractivity contribution is 1.10. The predicted octanol–water partition coefficient (Wildman–Crippen LogP) is 2.09. The number of nitrogens with two attached hydrogens (primary N) is 1. The molecular weight excluding hydrogens is 214 g/mol. The summed E-state index contributed by atoms with van der Waals surface area (Å²) in [6.07, 6.45) is 0. The minimum absolute atomic E-state index is 0.265. The van der Waals surface area contributed by atoms with E-state index in [0.29, 0.717) is 11.0 Å². The highest BCUT2D eigenvalue weighted by Gasteiger charge is 2.04. The van der Waals surface area contributed by atoms with Gasteiger partial charge in [0.15, 0.2) is 0 Å². The van der Waals surface area contributed by atoms with Gasteiger partial charge in [0.25, 0.3) is 0 Å². The predicted molar refractivity (Wildman–Crippen MR) is 60.3 cm³/mol. The van der Waals surface area contributed by atoms with Gasteiger partial charge >= 0.3 is 0 Å². The van der Waals surface area contributed by atoms with Crippen LogP contribution in [0.3, 0.4) is 0 Å². The Morgan fingerprint density at radius 2 is 2.27 bits per heavy atom. The van der Waals surface area contributed by atoms with E-state index in [9.17, 15) is 0 Å². The summed E-state index contributed by atoms with van der Waals surface area (Å²) in [6, 6.07) is 5.67. The molecule has 1 aromatic carbocycles. The first-order chi connectivity index (χ1) is 7.15. The number of nitrogens with zero attached hydrogens (tertiary/aromatic N) is 2. The van der Waals surface area contributed by atoms with Gasteiger partial charge in [0, 0.05) is 0 Å². The monoisotopic (exact) mass is 223 g/mol. The second kappa shape index (κ2) is 3.78. The van der Waals surface area contributed by atoms with Gasteiger partial charge in [0.1, 0.15) is 0 Å². The Hall–Kier alpha value is -1.75. The van der Waals surface area contributed by atoms with Crippen molar-refractivity contribution in [3.05, 3.63) is 28.8 Å². The van der Waals surface area contributed by atoms with Gasteiger partial charge in [-0.25, -0.2) is 5.10 Å². The second-order valence-corrected chi connectivity index (χ2v) is 3.56. The van der Waals surface area contributed by atoms with Crippen molar-refractivity contribution in [2.45, 2.75) is 6.92 Å². The molecule has 0 radical (unpaired) electrons. The molecule has 0 amide bonds. The SMILES string of the molecule is Cc1ccc(Nc2n[nH]c(N)n2)c(Cl)c1. The molecule has 4 N–H and O–H groups in total. The number of rotatable bonds is 2. The third kappa shape index (κ3) is 2.19. The second-order valence-electron chi connectivity index (χ2n) is 3.15. The van der Waals surface area contributed by atoms with E-state index in [0.717, 1.165) is 11.3 Å². The van der Waals surface area contributed by atoms with Gasteiger partial charge in [-0.2, -0.15) is 4.98 Å². The molecule has 0 unspecified atom stereocenters. The molecule has 0 atom stereocenters. The number of hydrogen-bond donors (Lipinski definition) is 3. The summed E-state index contributed by atoms with van der Waals surface area (Å²) in [4.78, 5) is 3.91. The molecule has 0 aliphatic carbocycles. The van der Waals surface area contributed by atoms with Gasteiger partial charge in [0.2, 0.25) is 11.9 Å². The summed E-state index contributed by atoms with van der Waals surface area (Å²) in [5.41, 5.74) is 7.24. The summed E-state index contributed by atoms with van der Waals surface area (Å²) >= 11 is 6.03. The van der Waals surface area contributed by atoms with Crippen LogP contribution in [0.2, 0.25) is 5.02 Å². The van der Waals surface area contributed by atoms with Crippen LogP contribution in [-0.2, 0) is 0 Å². The van der Waals surface area contributed by atoms with E-state index >= 15 is 0 Å². The largest absolute Gasteiger partial charge is 0.368 e. The fourth-order valence-electron chi connectivity index (χ4n) is 1.17. The zero-order chi connectivity index (χ0) is 10.8. The van der Waals surface area contributed by atoms with E-state index < -0.39 is 0 Å². The van der Waals surface area contributed by atoms with Crippen molar-refractivity contribution in [3.63, 3.8) is 0 Å². The van der Waals surface area contributed by atoms with Gasteiger partial charge in [0.05, 0.1) is 10.7 Å². The summed E-state index contributed by atoms with van der Waals surface area (Å²) in [5.74, 6) is 0.666. The Balaban J connectivity index is 2.24. The molecule has 78 valence electrons. The third-order valence-corrected chi connectivity index (χ3v) is 2.19. The molecule has 0 spiro atoms. The van der Waals surface area contributed by atoms with Crippen molar-refractivity contribution >= 4 is 29.2 Å². The van der Waals surface area contributed by atoms with Crippen molar-refractivity contribution in [2.75, 3.05) is 11.1 Å². The topological polar surface area (TPSA) is 79.6 Å². The number of nitrogen functional groups attached to an aromatic ring is 1. The maximum absolute atomic E-state index is 6.03. The van der Waals surface area contributed by atoms with Gasteiger partial charge in [-0.15, -0.1) is 5.10 Å². The highest BCUT2D eigenvalue weighted by molar-refractivity contribution is 6.33. The molecule has 2 rings (SSSR count). The molecular formula is C9H10ClN5. The molecule has 1 aromatic heterocycles. The normalized spacial score (nSPS) is 10.3. The summed E-state index contributed by atoms with van der Waals surface area (Å²) in [6.45, 7) is 1.97. The van der Waals surface area contributed by atoms with Crippen molar-refractivity contribution < 1.29 is 0 Å². The van der Waals surface area contributed by atoms with Crippen molar-refractivity contribution in [3.8, 4) is 0 Å². The Bertz CT molecular complexity index is 479. The smallest absolute Gasteiger partial charge is 0.248 e. The molecule has 0 saturated carbocycles. The van der Waals surface area contributed by atoms with Gasteiger partial charge in [-0.3, -0.25) is 0 Å². The van der Waals surface area contributed by atoms with Crippen LogP contribution in [0.5, 0.6) is 0 Å². The first-order valence-electron chi connectivity index (χ1n) is 4.36. The maximum Gasteiger partial charge on any atom is 0.248 e. The van der Waals surface area contributed by atoms with E-state index in [2.05, 4.69) is 20.5 Å². The van der Waals surface area contributed by atoms with Crippen molar-refractivity contribution in [1.82, 2.24) is 15.2 Å². The maximum atomic E-state index is 6.03. The number of aromatic amines is 1. The molecule has 2 aromatic rings. The zero-order valence-electron chi connectivity index (χ0n) is 8.08. The van der Waals surface area contributed by atoms with Crippen LogP contribution in [0.25, 0.3) is 0 Å². The first-order valence-corrected chi connectivity index (χ1v) is 4.74. The van der Waals surface area contributed by atoms with E-state index in [1.807, 2.05) is 25.1 Å². The summed E-state index contributed by atoms with van der Waals surface area (Å²) in [7, 11) is 0. The average Bonchev–Trinajstić information content (AvgIpc) is 2.56. The molecule has 5 nitrogen and oxygen atoms in total. The lowest BCUT2D eigenvalue weighted by Gasteiger charge is -2.04. The van der Waals surface area contributed by atoms with Crippen LogP contribution in [-0.4, -0.2) is 15.2 Å². The third-order valence-electron chi connectivity index (χ3n) is 1.87. The van der Waals surface area contributed by atoms with Crippen molar-refractivity contribution in [1.29, 1.82) is 0 Å². The number of anilines is 3. The number of hydrogen-bond acceptors (Lipinski definition) is 4. The molecule has 1 heterocycles. The standard InChI is InChI=1S/C9H10ClN5/c1-5-2-3-7(6(10)4-5)12-9-13-8(11)14-15-9/h2-4H,1H3,(H4,11,12,13,14,15). The van der Waals surface area contributed by atoms with Gasteiger partial charge in [-0.1, -0.05) is 17.7 Å². The lowest BCUT2D eigenvalue weighted by atomic mass is 10.2. The Morgan fingerprint density at radius 3 is 2.87 bits per heavy atom. The van der Waals surface area contributed by atoms with Crippen molar-refractivity contribution in [2.24, 2.45) is 0 Å². The van der Waals surface area contributed by atoms with Crippen LogP contribution in [0, 0.1) is 6.92 Å². The Labute approximate surface area is 91.7 Å². The lowest BCUT2D eigenvalue weighted by Crippen LogP contribution is -1.94. The molecule has 0 fully saturated rings. The van der Waals surface area contributed by atoms with E-state index in [4.69, 9.17) is 17.3 Å². The van der Waals surface area contributed by atoms with Crippen LogP contribution in [0.15, 0.2) is 18.2 Å². The molecule has 0 aliphatic rings. The molecule has 0 aliphatic heterocycles. The minimum atomic E-state index is 0.265. The van der Waals surface area contributed by atoms with E-state index in [1.54, 1.807) is 0 Å². The van der Waals surface area contributed by atoms with Crippen LogP contribution < -0.4 is 11.1 Å². The first kappa shape index (κ1) is 9.79. The number of aryl methyl sites for hydroxylation is 1. The van der Waals surface area contributed by atoms with E-state index in [1.165, 1.54) is 0 Å². The zero-order valence-corrected chi connectivity index (χ0v) is 8.84. The molecule has 0 saturated heterocycles. The number of benzene rings is 1. The number of H-pyrrole nitrogens is 1. The fourth-order valence-corrected chi connectivity index (χ4v) is 1.45. The minimum Gasteiger partial charge on any atom is -0.368 e. The number of halogens is 1. The Morgan fingerprint density at radius 1 is 1.47 bits per heavy atom. The van der Waals surface area contributed by atoms with Crippen LogP contribution >= 0.6 is 11.6 Å². The molecule has 6 heteroatoms. The highest BCUT2D eigenvalue weighted by atomic mass is 35.5. The quantitative estimate of drug-likeness (QED) is 0.728. The van der Waals surface area contributed by atoms with Crippen LogP contribution in [0.4, 0.5) is 17.6 Å². The average molecular weight is 224 g/mol. The summed E-state index contributed by atoms with van der Waals surface area (Å²) < 4.78 is 0. The summed E-state index contributed by atoms with van der Waals surface area (Å²) in [5, 5.41) is 9.95.